The van der Waals surface area contributed by atoms with Crippen LogP contribution < -0.4 is 5.32 Å². The number of likely N-dealkylation sites (tertiary alicyclic amines) is 1. The monoisotopic (exact) mass is 286 g/mol. The second-order valence-electron chi connectivity index (χ2n) is 6.41. The van der Waals surface area contributed by atoms with Crippen LogP contribution in [-0.4, -0.2) is 52.3 Å². The maximum absolute atomic E-state index is 11.5. The Morgan fingerprint density at radius 1 is 1.26 bits per heavy atom. The second-order valence-corrected chi connectivity index (χ2v) is 8.28. The summed E-state index contributed by atoms with van der Waals surface area (Å²) >= 11 is 0. The first kappa shape index (κ1) is 15.5. The van der Waals surface area contributed by atoms with Gasteiger partial charge in [-0.15, -0.1) is 0 Å². The highest BCUT2D eigenvalue weighted by atomic mass is 32.2. The molecule has 0 aromatic rings. The van der Waals surface area contributed by atoms with Gasteiger partial charge in [0.05, 0.1) is 0 Å². The predicted octanol–water partition coefficient (Wildman–Crippen LogP) is 1.85. The highest BCUT2D eigenvalue weighted by Gasteiger charge is 2.39. The number of nitrogens with zero attached hydrogens (tertiary/aromatic N) is 1. The van der Waals surface area contributed by atoms with Crippen molar-refractivity contribution in [1.29, 1.82) is 0 Å². The van der Waals surface area contributed by atoms with E-state index in [0.29, 0.717) is 12.1 Å². The third-order valence-electron chi connectivity index (χ3n) is 4.87. The molecule has 3 atom stereocenters. The number of fused-ring (bicyclic) bond motifs is 2. The van der Waals surface area contributed by atoms with Crippen LogP contribution in [0.3, 0.4) is 0 Å². The summed E-state index contributed by atoms with van der Waals surface area (Å²) in [5.41, 5.74) is 0. The molecule has 3 nitrogen and oxygen atoms in total. The van der Waals surface area contributed by atoms with Gasteiger partial charge in [-0.1, -0.05) is 13.3 Å². The van der Waals surface area contributed by atoms with Crippen molar-refractivity contribution in [3.8, 4) is 0 Å². The van der Waals surface area contributed by atoms with Crippen LogP contribution in [0.25, 0.3) is 0 Å². The van der Waals surface area contributed by atoms with Crippen molar-refractivity contribution < 1.29 is 4.21 Å². The fraction of sp³-hybridized carbons (Fsp3) is 1.00. The zero-order valence-electron chi connectivity index (χ0n) is 12.7. The summed E-state index contributed by atoms with van der Waals surface area (Å²) in [7, 11) is -0.625. The molecule has 4 heteroatoms. The molecule has 3 unspecified atom stereocenters. The molecule has 2 bridgehead atoms. The van der Waals surface area contributed by atoms with Gasteiger partial charge in [-0.3, -0.25) is 4.21 Å². The van der Waals surface area contributed by atoms with Gasteiger partial charge >= 0.3 is 0 Å². The van der Waals surface area contributed by atoms with Gasteiger partial charge in [-0.25, -0.2) is 0 Å². The first-order valence-electron chi connectivity index (χ1n) is 7.94. The van der Waals surface area contributed by atoms with Crippen molar-refractivity contribution in [3.05, 3.63) is 0 Å². The summed E-state index contributed by atoms with van der Waals surface area (Å²) in [5, 5.41) is 3.73. The van der Waals surface area contributed by atoms with Gasteiger partial charge in [-0.2, -0.15) is 0 Å². The van der Waals surface area contributed by atoms with Crippen molar-refractivity contribution in [2.24, 2.45) is 11.8 Å². The van der Waals surface area contributed by atoms with E-state index in [4.69, 9.17) is 0 Å². The number of nitrogens with one attached hydrogen (secondary N) is 1. The predicted molar refractivity (Wildman–Crippen MR) is 82.9 cm³/mol. The molecule has 112 valence electrons. The van der Waals surface area contributed by atoms with Gasteiger partial charge in [0, 0.05) is 54.0 Å². The van der Waals surface area contributed by atoms with Crippen molar-refractivity contribution in [2.75, 3.05) is 31.1 Å². The summed E-state index contributed by atoms with van der Waals surface area (Å²) in [4.78, 5) is 2.65. The quantitative estimate of drug-likeness (QED) is 0.809. The Bertz CT molecular complexity index is 295. The van der Waals surface area contributed by atoms with Crippen molar-refractivity contribution in [1.82, 2.24) is 10.2 Å². The van der Waals surface area contributed by atoms with Crippen LogP contribution in [0.2, 0.25) is 0 Å². The van der Waals surface area contributed by atoms with Crippen molar-refractivity contribution in [2.45, 2.75) is 52.1 Å². The molecule has 1 heterocycles. The van der Waals surface area contributed by atoms with E-state index in [1.165, 1.54) is 32.4 Å². The van der Waals surface area contributed by atoms with Crippen LogP contribution in [0.4, 0.5) is 0 Å². The Labute approximate surface area is 121 Å². The lowest BCUT2D eigenvalue weighted by Crippen LogP contribution is -2.58. The van der Waals surface area contributed by atoms with Crippen LogP contribution in [0.5, 0.6) is 0 Å². The van der Waals surface area contributed by atoms with E-state index < -0.39 is 10.8 Å². The molecular weight excluding hydrogens is 256 g/mol. The fourth-order valence-corrected chi connectivity index (χ4v) is 4.35. The number of piperidine rings is 1. The molecular formula is C15H30N2OS. The average Bonchev–Trinajstić information content (AvgIpc) is 2.37. The van der Waals surface area contributed by atoms with Crippen LogP contribution in [0, 0.1) is 11.8 Å². The molecule has 1 saturated carbocycles. The highest BCUT2D eigenvalue weighted by molar-refractivity contribution is 7.84. The Morgan fingerprint density at radius 3 is 2.42 bits per heavy atom. The summed E-state index contributed by atoms with van der Waals surface area (Å²) in [6.45, 7) is 10.1. The van der Waals surface area contributed by atoms with E-state index in [0.717, 1.165) is 29.9 Å². The lowest BCUT2D eigenvalue weighted by molar-refractivity contribution is 0.0305. The van der Waals surface area contributed by atoms with E-state index in [-0.39, 0.29) is 0 Å². The normalized spacial score (nSPS) is 33.6. The molecule has 2 aliphatic rings. The third kappa shape index (κ3) is 4.02. The molecule has 0 aromatic heterocycles. The minimum Gasteiger partial charge on any atom is -0.312 e. The third-order valence-corrected chi connectivity index (χ3v) is 6.17. The molecule has 2 rings (SSSR count). The standard InChI is InChI=1S/C15H30N2OS/c1-4-19(18)9-8-16-15-13-6-5-7-14(15)11-17(10-13)12(2)3/h12-16H,4-11H2,1-3H3. The minimum atomic E-state index is -0.625. The van der Waals surface area contributed by atoms with Crippen LogP contribution in [0.1, 0.15) is 40.0 Å². The summed E-state index contributed by atoms with van der Waals surface area (Å²) < 4.78 is 11.5. The van der Waals surface area contributed by atoms with Crippen LogP contribution in [0.15, 0.2) is 0 Å². The van der Waals surface area contributed by atoms with Gasteiger partial charge in [0.1, 0.15) is 0 Å². The molecule has 19 heavy (non-hydrogen) atoms. The summed E-state index contributed by atoms with van der Waals surface area (Å²) in [5.74, 6) is 3.23. The molecule has 1 saturated heterocycles. The molecule has 0 spiro atoms. The summed E-state index contributed by atoms with van der Waals surface area (Å²) in [6, 6.07) is 1.36. The topological polar surface area (TPSA) is 32.3 Å². The number of hydrogen-bond acceptors (Lipinski definition) is 3. The smallest absolute Gasteiger partial charge is 0.0360 e. The van der Waals surface area contributed by atoms with E-state index in [2.05, 4.69) is 24.1 Å². The van der Waals surface area contributed by atoms with Crippen molar-refractivity contribution >= 4 is 10.8 Å². The van der Waals surface area contributed by atoms with Gasteiger partial charge in [0.25, 0.3) is 0 Å². The molecule has 0 amide bonds. The maximum Gasteiger partial charge on any atom is 0.0360 e. The van der Waals surface area contributed by atoms with Gasteiger partial charge < -0.3 is 10.2 Å². The zero-order valence-corrected chi connectivity index (χ0v) is 13.5. The van der Waals surface area contributed by atoms with Gasteiger partial charge in [0.2, 0.25) is 0 Å². The first-order valence-corrected chi connectivity index (χ1v) is 9.43. The Balaban J connectivity index is 1.85. The lowest BCUT2D eigenvalue weighted by Gasteiger charge is -2.49. The largest absolute Gasteiger partial charge is 0.312 e. The lowest BCUT2D eigenvalue weighted by atomic mass is 9.73. The van der Waals surface area contributed by atoms with E-state index in [1.807, 2.05) is 6.92 Å². The van der Waals surface area contributed by atoms with Crippen molar-refractivity contribution in [3.63, 3.8) is 0 Å². The van der Waals surface area contributed by atoms with Crippen LogP contribution >= 0.6 is 0 Å². The molecule has 0 aromatic carbocycles. The Hall–Kier alpha value is 0.0700. The van der Waals surface area contributed by atoms with E-state index >= 15 is 0 Å². The molecule has 2 fully saturated rings. The number of hydrogen-bond donors (Lipinski definition) is 1. The molecule has 1 aliphatic heterocycles. The molecule has 1 aliphatic carbocycles. The zero-order chi connectivity index (χ0) is 13.8. The second kappa shape index (κ2) is 7.19. The minimum absolute atomic E-state index is 0.625. The summed E-state index contributed by atoms with van der Waals surface area (Å²) in [6.07, 6.45) is 4.14. The maximum atomic E-state index is 11.5. The van der Waals surface area contributed by atoms with Crippen LogP contribution in [-0.2, 0) is 10.8 Å². The fourth-order valence-electron chi connectivity index (χ4n) is 3.71. The molecule has 1 N–H and O–H groups in total. The average molecular weight is 286 g/mol. The van der Waals surface area contributed by atoms with E-state index in [9.17, 15) is 4.21 Å². The van der Waals surface area contributed by atoms with Gasteiger partial charge in [0.15, 0.2) is 0 Å². The number of rotatable bonds is 6. The molecule has 0 radical (unpaired) electrons. The Morgan fingerprint density at radius 2 is 1.89 bits per heavy atom. The van der Waals surface area contributed by atoms with E-state index in [1.54, 1.807) is 0 Å². The highest BCUT2D eigenvalue weighted by Crippen LogP contribution is 2.35. The SMILES string of the molecule is CCS(=O)CCNC1C2CCCC1CN(C(C)C)C2. The first-order chi connectivity index (χ1) is 9.11. The Kier molecular flexibility index (Phi) is 5.85. The van der Waals surface area contributed by atoms with Gasteiger partial charge in [-0.05, 0) is 38.5 Å².